The van der Waals surface area contributed by atoms with E-state index < -0.39 is 11.7 Å². The van der Waals surface area contributed by atoms with Crippen LogP contribution < -0.4 is 0 Å². The Morgan fingerprint density at radius 3 is 0.826 bits per heavy atom. The van der Waals surface area contributed by atoms with Gasteiger partial charge in [-0.15, -0.1) is 0 Å². The number of benzene rings is 10. The lowest BCUT2D eigenvalue weighted by Crippen LogP contribution is -2.09. The highest BCUT2D eigenvalue weighted by Crippen LogP contribution is 2.46. The van der Waals surface area contributed by atoms with Crippen LogP contribution in [0.5, 0.6) is 0 Å². The Hall–Kier alpha value is -12.3. The lowest BCUT2D eigenvalue weighted by Gasteiger charge is -2.20. The predicted molar refractivity (Wildman–Crippen MR) is 365 cm³/mol. The van der Waals surface area contributed by atoms with E-state index >= 15 is 13.2 Å². The van der Waals surface area contributed by atoms with Crippen molar-refractivity contribution in [2.75, 3.05) is 0 Å². The highest BCUT2D eigenvalue weighted by Gasteiger charge is 2.34. The Balaban J connectivity index is 0.965. The van der Waals surface area contributed by atoms with Crippen molar-refractivity contribution < 1.29 is 13.2 Å². The monoisotopic (exact) mass is 1190 g/mol. The second-order valence-electron chi connectivity index (χ2n) is 22.7. The van der Waals surface area contributed by atoms with Crippen LogP contribution in [0.3, 0.4) is 0 Å². The molecule has 6 aromatic heterocycles. The lowest BCUT2D eigenvalue weighted by molar-refractivity contribution is -0.137. The molecule has 434 valence electrons. The summed E-state index contributed by atoms with van der Waals surface area (Å²) >= 11 is 0. The van der Waals surface area contributed by atoms with E-state index in [0.29, 0.717) is 11.4 Å². The Labute approximate surface area is 527 Å². The molecular formula is C82H50F3N7. The van der Waals surface area contributed by atoms with E-state index in [1.54, 1.807) is 18.2 Å². The van der Waals surface area contributed by atoms with Gasteiger partial charge in [0.15, 0.2) is 0 Å². The van der Waals surface area contributed by atoms with Crippen LogP contribution in [0.25, 0.3) is 156 Å². The summed E-state index contributed by atoms with van der Waals surface area (Å²) in [6.07, 6.45) is -4.72. The predicted octanol–water partition coefficient (Wildman–Crippen LogP) is 21.4. The molecule has 0 aliphatic carbocycles. The van der Waals surface area contributed by atoms with Gasteiger partial charge in [0.05, 0.1) is 84.6 Å². The van der Waals surface area contributed by atoms with Gasteiger partial charge in [0.25, 0.3) is 0 Å². The van der Waals surface area contributed by atoms with Crippen molar-refractivity contribution in [2.24, 2.45) is 0 Å². The molecule has 0 bridgehead atoms. The number of nitrogens with zero attached hydrogens (tertiary/aromatic N) is 7. The first-order valence-corrected chi connectivity index (χ1v) is 30.2. The van der Waals surface area contributed by atoms with Gasteiger partial charge in [-0.25, -0.2) is 19.9 Å². The third-order valence-corrected chi connectivity index (χ3v) is 17.2. The van der Waals surface area contributed by atoms with Crippen LogP contribution in [0.2, 0.25) is 0 Å². The molecule has 16 aromatic rings. The summed E-state index contributed by atoms with van der Waals surface area (Å²) in [6.45, 7) is 0. The van der Waals surface area contributed by atoms with Gasteiger partial charge in [-0.1, -0.05) is 188 Å². The molecule has 0 spiro atoms. The van der Waals surface area contributed by atoms with Crippen LogP contribution in [0.1, 0.15) is 11.1 Å². The molecule has 6 heterocycles. The summed E-state index contributed by atoms with van der Waals surface area (Å²) in [6, 6.07) is 101. The van der Waals surface area contributed by atoms with E-state index in [1.807, 2.05) is 252 Å². The standard InChI is InChI=1S/C82H50F3N7/c83-82(84,85)67-28-14-13-27-61(67)60-49-80(91-76-41-37-56(72-33-15-29-68(87-72)52-19-5-1-6-20-52)45-62(76)63-46-57(38-42-77(63)91)73-34-16-30-69(88-73)53-21-7-2-8-22-53)66(51-86)81(50-60)92-78-43-39-58(74-35-17-31-70(89-74)54-23-9-3-10-24-54)47-64(78)65-48-59(40-44-79(65)92)75-36-18-32-71(90-75)55-25-11-4-12-26-55/h1-50H. The highest BCUT2D eigenvalue weighted by molar-refractivity contribution is 6.14. The minimum atomic E-state index is -4.72. The Bertz CT molecular complexity index is 4990. The maximum atomic E-state index is 15.6. The van der Waals surface area contributed by atoms with E-state index in [-0.39, 0.29) is 16.7 Å². The molecule has 0 aliphatic rings. The SMILES string of the molecule is N#Cc1c(-n2c3ccc(-c4cccc(-c5ccccc5)n4)cc3c3cc(-c4cccc(-c5ccccc5)n4)ccc32)cc(-c2ccccc2C(F)(F)F)cc1-n1c2ccc(-c3cccc(-c4ccccc4)n3)cc2c2cc(-c3cccc(-c4ccccc4)n3)ccc21. The van der Waals surface area contributed by atoms with Crippen molar-refractivity contribution in [1.29, 1.82) is 5.26 Å². The van der Waals surface area contributed by atoms with E-state index in [4.69, 9.17) is 19.9 Å². The van der Waals surface area contributed by atoms with Gasteiger partial charge >= 0.3 is 6.18 Å². The Kier molecular flexibility index (Phi) is 13.6. The molecule has 0 atom stereocenters. The van der Waals surface area contributed by atoms with Crippen LogP contribution in [0, 0.1) is 11.3 Å². The summed E-state index contributed by atoms with van der Waals surface area (Å²) in [5.41, 5.74) is 17.0. The molecular weight excluding hydrogens is 1140 g/mol. The minimum Gasteiger partial charge on any atom is -0.308 e. The number of halogens is 3. The number of fused-ring (bicyclic) bond motifs is 6. The quantitative estimate of drug-likeness (QED) is 0.129. The van der Waals surface area contributed by atoms with Crippen LogP contribution in [-0.2, 0) is 6.18 Å². The van der Waals surface area contributed by atoms with Gasteiger partial charge in [-0.2, -0.15) is 18.4 Å². The van der Waals surface area contributed by atoms with Crippen LogP contribution in [0.15, 0.2) is 303 Å². The maximum absolute atomic E-state index is 15.6. The number of alkyl halides is 3. The maximum Gasteiger partial charge on any atom is 0.417 e. The van der Waals surface area contributed by atoms with Gasteiger partial charge in [0.1, 0.15) is 11.6 Å². The van der Waals surface area contributed by atoms with E-state index in [1.165, 1.54) is 12.1 Å². The summed E-state index contributed by atoms with van der Waals surface area (Å²) in [7, 11) is 0. The summed E-state index contributed by atoms with van der Waals surface area (Å²) < 4.78 is 50.8. The van der Waals surface area contributed by atoms with Crippen LogP contribution in [0.4, 0.5) is 13.2 Å². The van der Waals surface area contributed by atoms with Crippen molar-refractivity contribution in [2.45, 2.75) is 6.18 Å². The summed E-state index contributed by atoms with van der Waals surface area (Å²) in [4.78, 5) is 20.7. The van der Waals surface area contributed by atoms with Gasteiger partial charge in [0.2, 0.25) is 0 Å². The average Bonchev–Trinajstić information content (AvgIpc) is 1.56. The van der Waals surface area contributed by atoms with E-state index in [9.17, 15) is 5.26 Å². The van der Waals surface area contributed by atoms with E-state index in [2.05, 4.69) is 30.3 Å². The van der Waals surface area contributed by atoms with E-state index in [0.717, 1.165) is 140 Å². The number of rotatable bonds is 11. The zero-order valence-electron chi connectivity index (χ0n) is 49.1. The molecule has 7 nitrogen and oxygen atoms in total. The van der Waals surface area contributed by atoms with Crippen LogP contribution in [-0.4, -0.2) is 29.1 Å². The molecule has 16 rings (SSSR count). The normalized spacial score (nSPS) is 11.6. The average molecular weight is 1190 g/mol. The first-order valence-electron chi connectivity index (χ1n) is 30.2. The highest BCUT2D eigenvalue weighted by atomic mass is 19.4. The third-order valence-electron chi connectivity index (χ3n) is 17.2. The Morgan fingerprint density at radius 1 is 0.272 bits per heavy atom. The minimum absolute atomic E-state index is 0.0369. The Morgan fingerprint density at radius 2 is 0.543 bits per heavy atom. The first-order chi connectivity index (χ1) is 45.2. The molecule has 0 saturated heterocycles. The largest absolute Gasteiger partial charge is 0.417 e. The number of nitriles is 1. The molecule has 10 aromatic carbocycles. The second-order valence-corrected chi connectivity index (χ2v) is 22.7. The molecule has 0 amide bonds. The topological polar surface area (TPSA) is 85.2 Å². The number of pyridine rings is 4. The number of hydrogen-bond acceptors (Lipinski definition) is 5. The van der Waals surface area contributed by atoms with Crippen LogP contribution >= 0.6 is 0 Å². The van der Waals surface area contributed by atoms with Gasteiger partial charge < -0.3 is 9.13 Å². The number of aromatic nitrogens is 6. The molecule has 10 heteroatoms. The zero-order valence-corrected chi connectivity index (χ0v) is 49.1. The first kappa shape index (κ1) is 55.0. The molecule has 0 aliphatic heterocycles. The van der Waals surface area contributed by atoms with Gasteiger partial charge in [-0.05, 0) is 126 Å². The molecule has 92 heavy (non-hydrogen) atoms. The van der Waals surface area contributed by atoms with Crippen molar-refractivity contribution in [3.05, 3.63) is 314 Å². The van der Waals surface area contributed by atoms with Crippen molar-refractivity contribution in [1.82, 2.24) is 29.1 Å². The molecule has 0 unspecified atom stereocenters. The van der Waals surface area contributed by atoms with Crippen molar-refractivity contribution in [3.8, 4) is 119 Å². The zero-order chi connectivity index (χ0) is 61.9. The fraction of sp³-hybridized carbons (Fsp3) is 0.0122. The van der Waals surface area contributed by atoms with Crippen molar-refractivity contribution in [3.63, 3.8) is 0 Å². The summed E-state index contributed by atoms with van der Waals surface area (Å²) in [5.74, 6) is 0. The smallest absolute Gasteiger partial charge is 0.308 e. The number of hydrogen-bond donors (Lipinski definition) is 0. The van der Waals surface area contributed by atoms with Crippen molar-refractivity contribution >= 4 is 43.6 Å². The second kappa shape index (κ2) is 22.7. The fourth-order valence-electron chi connectivity index (χ4n) is 12.9. The molecule has 0 fully saturated rings. The third kappa shape index (κ3) is 9.91. The van der Waals surface area contributed by atoms with Gasteiger partial charge in [0, 0.05) is 66.1 Å². The molecule has 0 N–H and O–H groups in total. The lowest BCUT2D eigenvalue weighted by atomic mass is 9.96. The summed E-state index contributed by atoms with van der Waals surface area (Å²) in [5, 5.41) is 15.4. The van der Waals surface area contributed by atoms with Gasteiger partial charge in [-0.3, -0.25) is 0 Å². The molecule has 0 saturated carbocycles. The molecule has 0 radical (unpaired) electrons. The fourth-order valence-corrected chi connectivity index (χ4v) is 12.9.